The quantitative estimate of drug-likeness (QED) is 0.335. The average molecular weight is 284 g/mol. The van der Waals surface area contributed by atoms with Gasteiger partial charge in [-0.05, 0) is 12.1 Å². The predicted molar refractivity (Wildman–Crippen MR) is 68.3 cm³/mol. The van der Waals surface area contributed by atoms with Crippen molar-refractivity contribution >= 4 is 17.2 Å². The lowest BCUT2D eigenvalue weighted by Gasteiger charge is -2.19. The fourth-order valence-electron chi connectivity index (χ4n) is 1.79. The minimum absolute atomic E-state index is 0.0156. The number of alkyl halides is 3. The van der Waals surface area contributed by atoms with E-state index in [9.17, 15) is 13.2 Å². The highest BCUT2D eigenvalue weighted by Crippen LogP contribution is 2.34. The van der Waals surface area contributed by atoms with Crippen molar-refractivity contribution in [1.82, 2.24) is 5.32 Å². The Balaban J connectivity index is 2.48. The summed E-state index contributed by atoms with van der Waals surface area (Å²) in [5, 5.41) is 14.1. The molecular formula is C12H11F3N4O. The number of rotatable bonds is 2. The Morgan fingerprint density at radius 3 is 2.70 bits per heavy atom. The topological polar surface area (TPSA) is 83.0 Å². The molecule has 0 aliphatic carbocycles. The summed E-state index contributed by atoms with van der Waals surface area (Å²) in [6, 6.07) is 5.15. The van der Waals surface area contributed by atoms with E-state index in [-0.39, 0.29) is 29.5 Å². The number of hydrogen-bond donors (Lipinski definition) is 3. The molecule has 20 heavy (non-hydrogen) atoms. The number of nitrogens with one attached hydrogen (secondary N) is 1. The van der Waals surface area contributed by atoms with Gasteiger partial charge in [-0.25, -0.2) is 0 Å². The van der Waals surface area contributed by atoms with E-state index < -0.39 is 11.7 Å². The van der Waals surface area contributed by atoms with Crippen LogP contribution in [-0.2, 0) is 6.18 Å². The third kappa shape index (κ3) is 2.73. The summed E-state index contributed by atoms with van der Waals surface area (Å²) in [4.78, 5) is 3.90. The van der Waals surface area contributed by atoms with Crippen molar-refractivity contribution in [2.24, 2.45) is 15.9 Å². The number of nitrogens with two attached hydrogens (primary N) is 1. The fraction of sp³-hybridized carbons (Fsp3) is 0.167. The molecule has 0 amide bonds. The van der Waals surface area contributed by atoms with Crippen molar-refractivity contribution < 1.29 is 18.4 Å². The molecule has 0 saturated carbocycles. The minimum atomic E-state index is -4.47. The van der Waals surface area contributed by atoms with Crippen LogP contribution in [0.4, 0.5) is 13.2 Å². The Morgan fingerprint density at radius 1 is 1.35 bits per heavy atom. The van der Waals surface area contributed by atoms with E-state index in [0.717, 1.165) is 6.07 Å². The van der Waals surface area contributed by atoms with Gasteiger partial charge in [0.15, 0.2) is 5.84 Å². The average Bonchev–Trinajstić information content (AvgIpc) is 2.45. The van der Waals surface area contributed by atoms with E-state index in [1.54, 1.807) is 0 Å². The second-order valence-corrected chi connectivity index (χ2v) is 3.96. The molecule has 1 heterocycles. The molecular weight excluding hydrogens is 273 g/mol. The van der Waals surface area contributed by atoms with Crippen LogP contribution in [0.5, 0.6) is 0 Å². The van der Waals surface area contributed by atoms with E-state index in [2.05, 4.69) is 15.5 Å². The Bertz CT molecular complexity index is 605. The summed E-state index contributed by atoms with van der Waals surface area (Å²) < 4.78 is 38.9. The lowest BCUT2D eigenvalue weighted by atomic mass is 10.0. The van der Waals surface area contributed by atoms with Crippen molar-refractivity contribution in [1.29, 1.82) is 0 Å². The SMILES string of the molecule is N/C(=N\O)C1=NCNC(c2ccccc2C(F)(F)F)=C1. The van der Waals surface area contributed by atoms with Gasteiger partial charge >= 0.3 is 6.18 Å². The highest BCUT2D eigenvalue weighted by atomic mass is 19.4. The standard InChI is InChI=1S/C12H11F3N4O/c13-12(14,15)8-4-2-1-3-7(8)9-5-10(11(16)19-20)18-6-17-9/h1-5,17,20H,6H2,(H2,16,19). The second kappa shape index (κ2) is 5.24. The molecule has 0 unspecified atom stereocenters. The maximum Gasteiger partial charge on any atom is 0.417 e. The van der Waals surface area contributed by atoms with Crippen LogP contribution in [0.3, 0.4) is 0 Å². The largest absolute Gasteiger partial charge is 0.417 e. The van der Waals surface area contributed by atoms with Gasteiger partial charge in [0.1, 0.15) is 12.4 Å². The van der Waals surface area contributed by atoms with Gasteiger partial charge in [-0.3, -0.25) is 4.99 Å². The Morgan fingerprint density at radius 2 is 2.05 bits per heavy atom. The molecule has 106 valence electrons. The first kappa shape index (κ1) is 13.9. The van der Waals surface area contributed by atoms with Crippen molar-refractivity contribution in [3.05, 3.63) is 41.5 Å². The second-order valence-electron chi connectivity index (χ2n) is 3.96. The van der Waals surface area contributed by atoms with Gasteiger partial charge in [-0.1, -0.05) is 23.4 Å². The zero-order chi connectivity index (χ0) is 14.8. The van der Waals surface area contributed by atoms with Crippen LogP contribution in [0.25, 0.3) is 5.70 Å². The van der Waals surface area contributed by atoms with Gasteiger partial charge in [-0.2, -0.15) is 13.2 Å². The van der Waals surface area contributed by atoms with E-state index in [1.165, 1.54) is 24.3 Å². The molecule has 0 bridgehead atoms. The van der Waals surface area contributed by atoms with Crippen LogP contribution in [0, 0.1) is 0 Å². The summed E-state index contributed by atoms with van der Waals surface area (Å²) >= 11 is 0. The van der Waals surface area contributed by atoms with Gasteiger partial charge in [0, 0.05) is 11.3 Å². The monoisotopic (exact) mass is 284 g/mol. The smallest absolute Gasteiger partial charge is 0.409 e. The fourth-order valence-corrected chi connectivity index (χ4v) is 1.79. The maximum absolute atomic E-state index is 13.0. The first-order valence-electron chi connectivity index (χ1n) is 5.58. The molecule has 8 heteroatoms. The number of nitrogens with zero attached hydrogens (tertiary/aromatic N) is 2. The first-order chi connectivity index (χ1) is 9.43. The molecule has 0 aromatic heterocycles. The third-order valence-corrected chi connectivity index (χ3v) is 2.69. The Hall–Kier alpha value is -2.51. The zero-order valence-corrected chi connectivity index (χ0v) is 10.1. The third-order valence-electron chi connectivity index (χ3n) is 2.69. The summed E-state index contributed by atoms with van der Waals surface area (Å²) in [6.45, 7) is 0.0452. The van der Waals surface area contributed by atoms with Crippen LogP contribution in [0.2, 0.25) is 0 Å². The predicted octanol–water partition coefficient (Wildman–Crippen LogP) is 1.79. The van der Waals surface area contributed by atoms with Crippen molar-refractivity contribution in [2.45, 2.75) is 6.18 Å². The molecule has 5 nitrogen and oxygen atoms in total. The molecule has 0 saturated heterocycles. The Kier molecular flexibility index (Phi) is 3.64. The van der Waals surface area contributed by atoms with E-state index in [0.29, 0.717) is 0 Å². The summed E-state index contributed by atoms with van der Waals surface area (Å²) in [5.41, 5.74) is 4.95. The molecule has 4 N–H and O–H groups in total. The molecule has 0 spiro atoms. The minimum Gasteiger partial charge on any atom is -0.409 e. The van der Waals surface area contributed by atoms with Gasteiger partial charge in [0.2, 0.25) is 0 Å². The zero-order valence-electron chi connectivity index (χ0n) is 10.1. The highest BCUT2D eigenvalue weighted by molar-refractivity contribution is 6.46. The number of aliphatic imine (C=N–C) groups is 1. The summed E-state index contributed by atoms with van der Waals surface area (Å²) in [7, 11) is 0. The van der Waals surface area contributed by atoms with Gasteiger partial charge in [-0.15, -0.1) is 0 Å². The first-order valence-corrected chi connectivity index (χ1v) is 5.58. The molecule has 1 aromatic carbocycles. The number of benzene rings is 1. The molecule has 0 atom stereocenters. The van der Waals surface area contributed by atoms with Crippen molar-refractivity contribution in [2.75, 3.05) is 6.67 Å². The van der Waals surface area contributed by atoms with Gasteiger partial charge in [0.05, 0.1) is 5.56 Å². The molecule has 0 radical (unpaired) electrons. The van der Waals surface area contributed by atoms with Crippen LogP contribution in [0.15, 0.2) is 40.5 Å². The van der Waals surface area contributed by atoms with Crippen LogP contribution >= 0.6 is 0 Å². The van der Waals surface area contributed by atoms with Crippen LogP contribution < -0.4 is 11.1 Å². The normalized spacial score (nSPS) is 16.2. The molecule has 1 aromatic rings. The van der Waals surface area contributed by atoms with Gasteiger partial charge < -0.3 is 16.3 Å². The number of oxime groups is 1. The van der Waals surface area contributed by atoms with E-state index >= 15 is 0 Å². The number of amidine groups is 1. The van der Waals surface area contributed by atoms with Crippen molar-refractivity contribution in [3.8, 4) is 0 Å². The lowest BCUT2D eigenvalue weighted by molar-refractivity contribution is -0.137. The van der Waals surface area contributed by atoms with Gasteiger partial charge in [0.25, 0.3) is 0 Å². The molecule has 1 aliphatic heterocycles. The number of halogens is 3. The van der Waals surface area contributed by atoms with E-state index in [1.807, 2.05) is 0 Å². The molecule has 0 fully saturated rings. The van der Waals surface area contributed by atoms with Crippen LogP contribution in [-0.4, -0.2) is 23.4 Å². The summed E-state index contributed by atoms with van der Waals surface area (Å²) in [5.74, 6) is -0.256. The lowest BCUT2D eigenvalue weighted by Crippen LogP contribution is -2.29. The number of hydrogen-bond acceptors (Lipinski definition) is 4. The molecule has 1 aliphatic rings. The maximum atomic E-state index is 13.0. The summed E-state index contributed by atoms with van der Waals surface area (Å²) in [6.07, 6.45) is -3.16. The highest BCUT2D eigenvalue weighted by Gasteiger charge is 2.34. The van der Waals surface area contributed by atoms with Crippen LogP contribution in [0.1, 0.15) is 11.1 Å². The Labute approximate surface area is 112 Å². The van der Waals surface area contributed by atoms with Crippen molar-refractivity contribution in [3.63, 3.8) is 0 Å². The molecule has 2 rings (SSSR count). The van der Waals surface area contributed by atoms with E-state index in [4.69, 9.17) is 10.9 Å².